The first-order valence-corrected chi connectivity index (χ1v) is 21.5. The predicted octanol–water partition coefficient (Wildman–Crippen LogP) is 15.2. The number of ether oxygens (including phenoxy) is 1. The molecule has 2 atom stereocenters. The fraction of sp³-hybridized carbons (Fsp3) is 0.0862. The number of hydrogen-bond acceptors (Lipinski definition) is 4. The summed E-state index contributed by atoms with van der Waals surface area (Å²) in [5.41, 5.74) is 16.4. The maximum Gasteiger partial charge on any atom is 0.136 e. The molecule has 2 aromatic heterocycles. The van der Waals surface area contributed by atoms with E-state index in [1.165, 1.54) is 22.3 Å². The molecule has 0 saturated heterocycles. The van der Waals surface area contributed by atoms with E-state index in [0.29, 0.717) is 0 Å². The highest BCUT2D eigenvalue weighted by Gasteiger charge is 2.51. The van der Waals surface area contributed by atoms with Gasteiger partial charge in [0, 0.05) is 44.3 Å². The van der Waals surface area contributed by atoms with Gasteiger partial charge in [0.1, 0.15) is 39.9 Å². The fourth-order valence-electron chi connectivity index (χ4n) is 10.9. The summed E-state index contributed by atoms with van der Waals surface area (Å²) in [5, 5.41) is 4.38. The normalized spacial score (nSPS) is 19.2. The van der Waals surface area contributed by atoms with Crippen LogP contribution in [0.15, 0.2) is 208 Å². The van der Waals surface area contributed by atoms with Crippen LogP contribution in [-0.4, -0.2) is 5.71 Å². The molecule has 2 unspecified atom stereocenters. The minimum Gasteiger partial charge on any atom is -0.457 e. The molecule has 13 rings (SSSR count). The standard InChI is InChI=1S/C58H39NO3/c1-34-26-29-38(43-17-13-25-53-55(43)44-16-5-10-22-50(44)60-53)35(2)57(37-28-31-42-41-15-4-9-21-49(41)61-54(42)33-37)59-56(34)36-27-30-40-39-14-3-6-18-45(39)58(48(40)32-36)46-19-7-11-23-51(46)62-52-24-12-8-20-47(52)58/h3-25,27-34,57H,2,26H2,1H3/b38-29-,59-56+. The van der Waals surface area contributed by atoms with Crippen molar-refractivity contribution in [3.63, 3.8) is 0 Å². The van der Waals surface area contributed by atoms with E-state index in [1.807, 2.05) is 24.3 Å². The lowest BCUT2D eigenvalue weighted by molar-refractivity contribution is 0.436. The Hall–Kier alpha value is -7.69. The number of benzene rings is 8. The lowest BCUT2D eigenvalue weighted by atomic mass is 9.66. The van der Waals surface area contributed by atoms with Gasteiger partial charge in [-0.25, -0.2) is 0 Å². The molecule has 4 nitrogen and oxygen atoms in total. The van der Waals surface area contributed by atoms with Gasteiger partial charge >= 0.3 is 0 Å². The SMILES string of the molecule is C=C1/C(c2cccc3oc4ccccc4c23)=C/CC(C)/C(c2ccc3c(c2)C2(c4ccccc4Oc4ccccc42)c2ccccc2-3)=N\C1c1ccc2c(c1)oc1ccccc12. The molecule has 4 heteroatoms. The number of aliphatic imine (C=N–C) groups is 1. The Bertz CT molecular complexity index is 3550. The summed E-state index contributed by atoms with van der Waals surface area (Å²) in [5.74, 6) is 1.83. The number of furan rings is 2. The van der Waals surface area contributed by atoms with Gasteiger partial charge < -0.3 is 13.6 Å². The molecular weight excluding hydrogens is 759 g/mol. The molecule has 0 fully saturated rings. The van der Waals surface area contributed by atoms with E-state index >= 15 is 0 Å². The zero-order valence-electron chi connectivity index (χ0n) is 34.1. The smallest absolute Gasteiger partial charge is 0.136 e. The maximum absolute atomic E-state index is 6.65. The molecule has 10 aromatic rings. The van der Waals surface area contributed by atoms with E-state index in [1.54, 1.807) is 0 Å². The third-order valence-corrected chi connectivity index (χ3v) is 13.6. The van der Waals surface area contributed by atoms with Crippen molar-refractivity contribution in [2.45, 2.75) is 24.8 Å². The first kappa shape index (κ1) is 35.1. The Morgan fingerprint density at radius 2 is 1.15 bits per heavy atom. The molecule has 3 aliphatic rings. The van der Waals surface area contributed by atoms with E-state index in [9.17, 15) is 0 Å². The summed E-state index contributed by atoms with van der Waals surface area (Å²) in [7, 11) is 0. The Morgan fingerprint density at radius 1 is 0.532 bits per heavy atom. The summed E-state index contributed by atoms with van der Waals surface area (Å²) in [4.78, 5) is 5.89. The van der Waals surface area contributed by atoms with Crippen LogP contribution in [0.4, 0.5) is 0 Å². The molecule has 1 spiro atoms. The molecule has 1 aliphatic carbocycles. The Balaban J connectivity index is 1.03. The maximum atomic E-state index is 6.65. The van der Waals surface area contributed by atoms with E-state index in [-0.39, 0.29) is 5.92 Å². The highest BCUT2D eigenvalue weighted by molar-refractivity contribution is 6.12. The highest BCUT2D eigenvalue weighted by Crippen LogP contribution is 2.62. The number of nitrogens with zero attached hydrogens (tertiary/aromatic N) is 1. The van der Waals surface area contributed by atoms with E-state index in [4.69, 9.17) is 25.1 Å². The molecule has 0 amide bonds. The summed E-state index contributed by atoms with van der Waals surface area (Å²) in [6, 6.07) is 62.1. The zero-order chi connectivity index (χ0) is 41.1. The summed E-state index contributed by atoms with van der Waals surface area (Å²) >= 11 is 0. The lowest BCUT2D eigenvalue weighted by Crippen LogP contribution is -2.32. The second kappa shape index (κ2) is 13.2. The summed E-state index contributed by atoms with van der Waals surface area (Å²) < 4.78 is 19.6. The van der Waals surface area contributed by atoms with Gasteiger partial charge in [0.15, 0.2) is 0 Å². The third kappa shape index (κ3) is 4.86. The molecule has 0 N–H and O–H groups in total. The van der Waals surface area contributed by atoms with Crippen LogP contribution in [0.25, 0.3) is 60.6 Å². The van der Waals surface area contributed by atoms with Crippen molar-refractivity contribution in [3.05, 3.63) is 233 Å². The van der Waals surface area contributed by atoms with Crippen LogP contribution in [0.5, 0.6) is 11.5 Å². The third-order valence-electron chi connectivity index (χ3n) is 13.6. The number of rotatable bonds is 3. The largest absolute Gasteiger partial charge is 0.457 e. The molecule has 2 aliphatic heterocycles. The van der Waals surface area contributed by atoms with Crippen molar-refractivity contribution in [2.24, 2.45) is 10.9 Å². The molecule has 0 radical (unpaired) electrons. The topological polar surface area (TPSA) is 47.9 Å². The first-order chi connectivity index (χ1) is 30.6. The van der Waals surface area contributed by atoms with Crippen molar-refractivity contribution >= 4 is 55.2 Å². The molecule has 0 bridgehead atoms. The van der Waals surface area contributed by atoms with Crippen LogP contribution in [0.1, 0.15) is 58.3 Å². The van der Waals surface area contributed by atoms with Gasteiger partial charge in [0.05, 0.1) is 5.41 Å². The number of para-hydroxylation sites is 4. The zero-order valence-corrected chi connectivity index (χ0v) is 34.1. The van der Waals surface area contributed by atoms with Crippen molar-refractivity contribution in [2.75, 3.05) is 0 Å². The van der Waals surface area contributed by atoms with Gasteiger partial charge in [0.25, 0.3) is 0 Å². The average Bonchev–Trinajstić information content (AvgIpc) is 3.97. The van der Waals surface area contributed by atoms with Crippen LogP contribution in [-0.2, 0) is 5.41 Å². The number of fused-ring (bicyclic) bond motifs is 15. The van der Waals surface area contributed by atoms with Gasteiger partial charge in [0.2, 0.25) is 0 Å². The number of hydrogen-bond donors (Lipinski definition) is 0. The number of allylic oxidation sites excluding steroid dienone is 1. The van der Waals surface area contributed by atoms with Gasteiger partial charge in [-0.1, -0.05) is 153 Å². The Morgan fingerprint density at radius 3 is 1.95 bits per heavy atom. The van der Waals surface area contributed by atoms with Crippen LogP contribution in [0.3, 0.4) is 0 Å². The van der Waals surface area contributed by atoms with Crippen molar-refractivity contribution in [1.82, 2.24) is 0 Å². The molecule has 294 valence electrons. The summed E-state index contributed by atoms with van der Waals surface area (Å²) in [6.45, 7) is 7.24. The predicted molar refractivity (Wildman–Crippen MR) is 251 cm³/mol. The minimum absolute atomic E-state index is 0.0721. The molecule has 8 aromatic carbocycles. The quantitative estimate of drug-likeness (QED) is 0.179. The van der Waals surface area contributed by atoms with Gasteiger partial charge in [-0.2, -0.15) is 0 Å². The molecular formula is C58H39NO3. The Labute approximate surface area is 358 Å². The van der Waals surface area contributed by atoms with Gasteiger partial charge in [-0.3, -0.25) is 4.99 Å². The van der Waals surface area contributed by atoms with Crippen LogP contribution < -0.4 is 4.74 Å². The minimum atomic E-state index is -0.576. The van der Waals surface area contributed by atoms with Crippen LogP contribution >= 0.6 is 0 Å². The van der Waals surface area contributed by atoms with Gasteiger partial charge in [-0.15, -0.1) is 0 Å². The van der Waals surface area contributed by atoms with E-state index in [2.05, 4.69) is 165 Å². The monoisotopic (exact) mass is 797 g/mol. The van der Waals surface area contributed by atoms with Crippen LogP contribution in [0, 0.1) is 5.92 Å². The molecule has 62 heavy (non-hydrogen) atoms. The second-order valence-electron chi connectivity index (χ2n) is 17.0. The van der Waals surface area contributed by atoms with Crippen molar-refractivity contribution in [3.8, 4) is 22.6 Å². The summed E-state index contributed by atoms with van der Waals surface area (Å²) in [6.07, 6.45) is 3.16. The van der Waals surface area contributed by atoms with Gasteiger partial charge in [-0.05, 0) is 99.0 Å². The highest BCUT2D eigenvalue weighted by atomic mass is 16.5. The van der Waals surface area contributed by atoms with Crippen molar-refractivity contribution < 1.29 is 13.6 Å². The van der Waals surface area contributed by atoms with E-state index < -0.39 is 11.5 Å². The fourth-order valence-corrected chi connectivity index (χ4v) is 10.9. The molecule has 4 heterocycles. The first-order valence-electron chi connectivity index (χ1n) is 21.5. The lowest BCUT2D eigenvalue weighted by Gasteiger charge is -2.39. The average molecular weight is 798 g/mol. The van der Waals surface area contributed by atoms with E-state index in [0.717, 1.165) is 106 Å². The van der Waals surface area contributed by atoms with Crippen molar-refractivity contribution in [1.29, 1.82) is 0 Å². The Kier molecular flexibility index (Phi) is 7.45. The van der Waals surface area contributed by atoms with Crippen LogP contribution in [0.2, 0.25) is 0 Å². The molecule has 0 saturated carbocycles. The second-order valence-corrected chi connectivity index (χ2v) is 17.0.